The molecule has 1 rings (SSSR count). The lowest BCUT2D eigenvalue weighted by Crippen LogP contribution is -2.08. The number of benzene rings is 1. The maximum atomic E-state index is 11.2. The van der Waals surface area contributed by atoms with Crippen LogP contribution in [0.25, 0.3) is 0 Å². The van der Waals surface area contributed by atoms with Gasteiger partial charge in [0.2, 0.25) is 0 Å². The molecule has 1 aromatic carbocycles. The number of ether oxygens (including phenoxy) is 1. The van der Waals surface area contributed by atoms with Crippen molar-refractivity contribution in [3.63, 3.8) is 0 Å². The van der Waals surface area contributed by atoms with E-state index in [1.165, 1.54) is 7.11 Å². The van der Waals surface area contributed by atoms with Gasteiger partial charge in [-0.1, -0.05) is 72.1 Å². The van der Waals surface area contributed by atoms with E-state index in [9.17, 15) is 4.79 Å². The zero-order valence-electron chi connectivity index (χ0n) is 7.91. The number of hydrogen-bond donors (Lipinski definition) is 0. The molecular weight excluding hydrogens is 392 g/mol. The minimum atomic E-state index is -0.402. The van der Waals surface area contributed by atoms with Gasteiger partial charge in [0.15, 0.2) is 0 Å². The third kappa shape index (κ3) is 3.57. The normalized spacial score (nSPS) is 12.6. The Kier molecular flexibility index (Phi) is 5.29. The van der Waals surface area contributed by atoms with E-state index in [-0.39, 0.29) is 9.71 Å². The lowest BCUT2D eigenvalue weighted by Gasteiger charge is -2.09. The van der Waals surface area contributed by atoms with Crippen molar-refractivity contribution in [3.8, 4) is 0 Å². The molecule has 0 saturated heterocycles. The van der Waals surface area contributed by atoms with E-state index in [2.05, 4.69) is 52.5 Å². The van der Waals surface area contributed by atoms with Crippen molar-refractivity contribution in [3.05, 3.63) is 35.4 Å². The second-order valence-corrected chi connectivity index (χ2v) is 6.83. The summed E-state index contributed by atoms with van der Waals surface area (Å²) in [5.41, 5.74) is 1.98. The van der Waals surface area contributed by atoms with Crippen LogP contribution in [0.1, 0.15) is 19.7 Å². The highest BCUT2D eigenvalue weighted by Crippen LogP contribution is 2.31. The van der Waals surface area contributed by atoms with Gasteiger partial charge >= 0.3 is 5.97 Å². The van der Waals surface area contributed by atoms with Crippen molar-refractivity contribution < 1.29 is 9.53 Å². The Balaban J connectivity index is 2.84. The first kappa shape index (κ1) is 13.2. The van der Waals surface area contributed by atoms with E-state index in [1.54, 1.807) is 0 Å². The van der Waals surface area contributed by atoms with Gasteiger partial charge in [0, 0.05) is 0 Å². The fourth-order valence-corrected chi connectivity index (χ4v) is 2.15. The number of rotatable bonds is 3. The van der Waals surface area contributed by atoms with Crippen LogP contribution in [0.5, 0.6) is 0 Å². The highest BCUT2D eigenvalue weighted by atomic mass is 79.9. The summed E-state index contributed by atoms with van der Waals surface area (Å²) in [5.74, 6) is -0.294. The Morgan fingerprint density at radius 2 is 1.60 bits per heavy atom. The van der Waals surface area contributed by atoms with E-state index < -0.39 is 4.83 Å². The fraction of sp³-hybridized carbons (Fsp3) is 0.300. The van der Waals surface area contributed by atoms with Gasteiger partial charge in [-0.25, -0.2) is 0 Å². The third-order valence-electron chi connectivity index (χ3n) is 1.89. The van der Waals surface area contributed by atoms with Crippen molar-refractivity contribution in [1.29, 1.82) is 0 Å². The van der Waals surface area contributed by atoms with Crippen molar-refractivity contribution >= 4 is 53.8 Å². The number of methoxy groups -OCH3 is 1. The van der Waals surface area contributed by atoms with Gasteiger partial charge < -0.3 is 4.74 Å². The summed E-state index contributed by atoms with van der Waals surface area (Å²) in [4.78, 5) is 10.8. The molecule has 0 aliphatic rings. The lowest BCUT2D eigenvalue weighted by atomic mass is 10.1. The molecule has 2 nitrogen and oxygen atoms in total. The van der Waals surface area contributed by atoms with Crippen LogP contribution < -0.4 is 0 Å². The quantitative estimate of drug-likeness (QED) is 0.564. The Bertz CT molecular complexity index is 335. The van der Waals surface area contributed by atoms with Crippen LogP contribution in [0, 0.1) is 0 Å². The Labute approximate surface area is 114 Å². The predicted molar refractivity (Wildman–Crippen MR) is 70.7 cm³/mol. The average molecular weight is 401 g/mol. The molecule has 0 spiro atoms. The minimum absolute atomic E-state index is 0.131. The van der Waals surface area contributed by atoms with Gasteiger partial charge in [-0.05, 0) is 11.1 Å². The topological polar surface area (TPSA) is 26.3 Å². The molecule has 0 aliphatic carbocycles. The minimum Gasteiger partial charge on any atom is -0.468 e. The molecule has 1 atom stereocenters. The predicted octanol–water partition coefficient (Wildman–Crippen LogP) is 4.08. The molecule has 0 aromatic heterocycles. The Morgan fingerprint density at radius 1 is 1.13 bits per heavy atom. The summed E-state index contributed by atoms with van der Waals surface area (Å²) in [6.07, 6.45) is 0. The first-order valence-corrected chi connectivity index (χ1v) is 6.91. The van der Waals surface area contributed by atoms with E-state index in [4.69, 9.17) is 0 Å². The second kappa shape index (κ2) is 6.01. The van der Waals surface area contributed by atoms with Crippen LogP contribution in [0.3, 0.4) is 0 Å². The van der Waals surface area contributed by atoms with E-state index in [0.29, 0.717) is 0 Å². The van der Waals surface area contributed by atoms with Crippen LogP contribution in [-0.2, 0) is 9.53 Å². The zero-order chi connectivity index (χ0) is 11.4. The van der Waals surface area contributed by atoms with Gasteiger partial charge in [0.25, 0.3) is 0 Å². The largest absolute Gasteiger partial charge is 0.468 e. The summed E-state index contributed by atoms with van der Waals surface area (Å²) in [6.45, 7) is 0. The number of hydrogen-bond acceptors (Lipinski definition) is 2. The standard InChI is InChI=1S/C10H9Br3O2/c1-15-10(14)8(11)6-2-4-7(5-3-6)9(12)13/h2-5,8-9H,1H3/t8-/m0/s1. The maximum Gasteiger partial charge on any atom is 0.323 e. The smallest absolute Gasteiger partial charge is 0.323 e. The van der Waals surface area contributed by atoms with Crippen molar-refractivity contribution in [2.24, 2.45) is 0 Å². The maximum absolute atomic E-state index is 11.2. The summed E-state index contributed by atoms with van der Waals surface area (Å²) >= 11 is 10.1. The fourth-order valence-electron chi connectivity index (χ4n) is 1.05. The first-order chi connectivity index (χ1) is 7.06. The molecule has 0 fully saturated rings. The van der Waals surface area contributed by atoms with Crippen LogP contribution in [0.15, 0.2) is 24.3 Å². The van der Waals surface area contributed by atoms with Crippen molar-refractivity contribution in [2.75, 3.05) is 7.11 Å². The molecule has 0 bridgehead atoms. The molecule has 0 N–H and O–H groups in total. The second-order valence-electron chi connectivity index (χ2n) is 2.85. The highest BCUT2D eigenvalue weighted by molar-refractivity contribution is 9.24. The molecule has 0 radical (unpaired) electrons. The molecule has 0 saturated carbocycles. The number of alkyl halides is 3. The van der Waals surface area contributed by atoms with Crippen LogP contribution in [-0.4, -0.2) is 13.1 Å². The van der Waals surface area contributed by atoms with E-state index in [0.717, 1.165) is 11.1 Å². The molecule has 0 heterocycles. The highest BCUT2D eigenvalue weighted by Gasteiger charge is 2.17. The van der Waals surface area contributed by atoms with Gasteiger partial charge in [-0.2, -0.15) is 0 Å². The summed E-state index contributed by atoms with van der Waals surface area (Å²) in [5, 5.41) is 0. The first-order valence-electron chi connectivity index (χ1n) is 4.16. The van der Waals surface area contributed by atoms with E-state index >= 15 is 0 Å². The summed E-state index contributed by atoms with van der Waals surface area (Å²) in [7, 11) is 1.37. The van der Waals surface area contributed by atoms with E-state index in [1.807, 2.05) is 24.3 Å². The van der Waals surface area contributed by atoms with Crippen LogP contribution in [0.2, 0.25) is 0 Å². The monoisotopic (exact) mass is 398 g/mol. The lowest BCUT2D eigenvalue weighted by molar-refractivity contribution is -0.139. The van der Waals surface area contributed by atoms with Crippen molar-refractivity contribution in [2.45, 2.75) is 8.56 Å². The molecule has 0 amide bonds. The average Bonchev–Trinajstić information content (AvgIpc) is 2.27. The number of halogens is 3. The SMILES string of the molecule is COC(=O)[C@@H](Br)c1ccc(C(Br)Br)cc1. The molecule has 0 aliphatic heterocycles. The Morgan fingerprint density at radius 3 is 2.00 bits per heavy atom. The van der Waals surface area contributed by atoms with Crippen LogP contribution >= 0.6 is 47.8 Å². The molecule has 0 unspecified atom stereocenters. The number of carbonyl (C=O) groups is 1. The molecule has 82 valence electrons. The van der Waals surface area contributed by atoms with Gasteiger partial charge in [0.05, 0.1) is 10.8 Å². The summed E-state index contributed by atoms with van der Waals surface area (Å²) < 4.78 is 4.77. The van der Waals surface area contributed by atoms with Gasteiger partial charge in [-0.15, -0.1) is 0 Å². The van der Waals surface area contributed by atoms with Crippen LogP contribution in [0.4, 0.5) is 0 Å². The molecular formula is C10H9Br3O2. The summed E-state index contributed by atoms with van der Waals surface area (Å²) in [6, 6.07) is 7.67. The molecule has 15 heavy (non-hydrogen) atoms. The third-order valence-corrected chi connectivity index (χ3v) is 3.85. The Hall–Kier alpha value is 0.130. The van der Waals surface area contributed by atoms with Crippen molar-refractivity contribution in [1.82, 2.24) is 0 Å². The van der Waals surface area contributed by atoms with Gasteiger partial charge in [0.1, 0.15) is 4.83 Å². The number of carbonyl (C=O) groups excluding carboxylic acids is 1. The zero-order valence-corrected chi connectivity index (χ0v) is 12.7. The molecule has 5 heteroatoms. The van der Waals surface area contributed by atoms with Gasteiger partial charge in [-0.3, -0.25) is 4.79 Å². The number of esters is 1. The molecule has 1 aromatic rings.